The van der Waals surface area contributed by atoms with E-state index >= 15 is 0 Å². The van der Waals surface area contributed by atoms with Gasteiger partial charge in [0, 0.05) is 5.56 Å². The molecule has 1 N–H and O–H groups in total. The number of aryl methyl sites for hydroxylation is 2. The molecule has 0 saturated carbocycles. The second kappa shape index (κ2) is 5.30. The molecule has 2 rings (SSSR count). The molecule has 0 fully saturated rings. The van der Waals surface area contributed by atoms with Crippen LogP contribution >= 0.6 is 0 Å². The lowest BCUT2D eigenvalue weighted by molar-refractivity contribution is 0.719. The third-order valence-corrected chi connectivity index (χ3v) is 3.04. The Morgan fingerprint density at radius 1 is 1.10 bits per heavy atom. The molecule has 0 amide bonds. The van der Waals surface area contributed by atoms with Crippen molar-refractivity contribution < 1.29 is 0 Å². The maximum absolute atomic E-state index is 8.99. The van der Waals surface area contributed by atoms with E-state index in [9.17, 15) is 0 Å². The minimum atomic E-state index is -0.657. The third kappa shape index (κ3) is 3.12. The summed E-state index contributed by atoms with van der Waals surface area (Å²) in [7, 11) is 0. The topological polar surface area (TPSA) is 61.6 Å². The van der Waals surface area contributed by atoms with Crippen molar-refractivity contribution in [2.45, 2.75) is 33.2 Å². The largest absolute Gasteiger partial charge is 0.351 e. The molecule has 0 saturated heterocycles. The van der Waals surface area contributed by atoms with Crippen LogP contribution in [0.2, 0.25) is 0 Å². The average Bonchev–Trinajstić information content (AvgIpc) is 2.40. The molecule has 0 radical (unpaired) electrons. The second-order valence-electron chi connectivity index (χ2n) is 5.48. The molecule has 0 unspecified atom stereocenters. The zero-order valence-electron chi connectivity index (χ0n) is 12.2. The number of rotatable bonds is 3. The zero-order valence-corrected chi connectivity index (χ0v) is 12.2. The van der Waals surface area contributed by atoms with Gasteiger partial charge >= 0.3 is 0 Å². The lowest BCUT2D eigenvalue weighted by Crippen LogP contribution is -2.29. The lowest BCUT2D eigenvalue weighted by Gasteiger charge is -2.17. The molecule has 4 heteroatoms. The van der Waals surface area contributed by atoms with Crippen LogP contribution in [0.4, 0.5) is 5.82 Å². The third-order valence-electron chi connectivity index (χ3n) is 3.04. The maximum atomic E-state index is 8.99. The molecule has 2 aromatic rings. The van der Waals surface area contributed by atoms with E-state index < -0.39 is 5.54 Å². The number of nitrogens with one attached hydrogen (secondary N) is 1. The predicted molar refractivity (Wildman–Crippen MR) is 80.3 cm³/mol. The molecule has 1 aromatic carbocycles. The lowest BCUT2D eigenvalue weighted by atomic mass is 10.0. The van der Waals surface area contributed by atoms with Crippen molar-refractivity contribution in [2.24, 2.45) is 0 Å². The Balaban J connectivity index is 2.27. The number of aromatic nitrogens is 2. The molecule has 0 aliphatic rings. The number of benzene rings is 1. The van der Waals surface area contributed by atoms with Crippen LogP contribution in [0.1, 0.15) is 25.0 Å². The number of anilines is 1. The van der Waals surface area contributed by atoms with Gasteiger partial charge in [0.25, 0.3) is 0 Å². The van der Waals surface area contributed by atoms with Crippen molar-refractivity contribution in [3.63, 3.8) is 0 Å². The summed E-state index contributed by atoms with van der Waals surface area (Å²) >= 11 is 0. The number of hydrogen-bond donors (Lipinski definition) is 1. The van der Waals surface area contributed by atoms with Gasteiger partial charge in [-0.1, -0.05) is 23.8 Å². The number of nitrogens with zero attached hydrogens (tertiary/aromatic N) is 3. The van der Waals surface area contributed by atoms with Gasteiger partial charge in [0.1, 0.15) is 11.4 Å². The average molecular weight is 266 g/mol. The Morgan fingerprint density at radius 3 is 2.40 bits per heavy atom. The van der Waals surface area contributed by atoms with Crippen LogP contribution in [0.15, 0.2) is 30.3 Å². The van der Waals surface area contributed by atoms with Gasteiger partial charge in [-0.3, -0.25) is 0 Å². The molecular weight excluding hydrogens is 248 g/mol. The zero-order chi connectivity index (χ0) is 14.8. The van der Waals surface area contributed by atoms with Crippen molar-refractivity contribution in [1.82, 2.24) is 10.2 Å². The van der Waals surface area contributed by atoms with E-state index in [2.05, 4.69) is 53.6 Å². The minimum Gasteiger partial charge on any atom is -0.351 e. The molecule has 0 spiro atoms. The summed E-state index contributed by atoms with van der Waals surface area (Å²) in [5.41, 5.74) is 3.67. The van der Waals surface area contributed by atoms with Crippen molar-refractivity contribution in [3.05, 3.63) is 41.5 Å². The van der Waals surface area contributed by atoms with Crippen LogP contribution in [0.25, 0.3) is 11.3 Å². The van der Waals surface area contributed by atoms with Crippen molar-refractivity contribution in [1.29, 1.82) is 5.26 Å². The summed E-state index contributed by atoms with van der Waals surface area (Å²) in [6.45, 7) is 7.73. The molecule has 4 nitrogen and oxygen atoms in total. The van der Waals surface area contributed by atoms with Gasteiger partial charge in [0.2, 0.25) is 0 Å². The molecule has 1 heterocycles. The van der Waals surface area contributed by atoms with Crippen LogP contribution < -0.4 is 5.32 Å². The number of hydrogen-bond acceptors (Lipinski definition) is 4. The second-order valence-corrected chi connectivity index (χ2v) is 5.48. The van der Waals surface area contributed by atoms with E-state index in [-0.39, 0.29) is 0 Å². The first-order chi connectivity index (χ1) is 9.41. The fraction of sp³-hybridized carbons (Fsp3) is 0.312. The monoisotopic (exact) mass is 266 g/mol. The summed E-state index contributed by atoms with van der Waals surface area (Å²) in [6.07, 6.45) is 0. The molecule has 0 aliphatic carbocycles. The summed E-state index contributed by atoms with van der Waals surface area (Å²) in [6, 6.07) is 12.2. The Kier molecular flexibility index (Phi) is 3.71. The Morgan fingerprint density at radius 2 is 1.85 bits per heavy atom. The summed E-state index contributed by atoms with van der Waals surface area (Å²) in [4.78, 5) is 0. The van der Waals surface area contributed by atoms with Crippen molar-refractivity contribution in [2.75, 3.05) is 5.32 Å². The Hall–Kier alpha value is -2.41. The van der Waals surface area contributed by atoms with E-state index in [0.29, 0.717) is 5.82 Å². The van der Waals surface area contributed by atoms with Crippen molar-refractivity contribution >= 4 is 5.82 Å². The van der Waals surface area contributed by atoms with Gasteiger partial charge in [0.15, 0.2) is 0 Å². The quantitative estimate of drug-likeness (QED) is 0.924. The minimum absolute atomic E-state index is 0.602. The molecule has 0 atom stereocenters. The smallest absolute Gasteiger partial charge is 0.149 e. The van der Waals surface area contributed by atoms with E-state index in [0.717, 1.165) is 11.3 Å². The predicted octanol–water partition coefficient (Wildman–Crippen LogP) is 3.47. The van der Waals surface area contributed by atoms with Gasteiger partial charge in [-0.2, -0.15) is 5.26 Å². The van der Waals surface area contributed by atoms with Crippen molar-refractivity contribution in [3.8, 4) is 17.3 Å². The highest BCUT2D eigenvalue weighted by molar-refractivity contribution is 5.64. The van der Waals surface area contributed by atoms with Crippen LogP contribution in [0, 0.1) is 25.2 Å². The fourth-order valence-corrected chi connectivity index (χ4v) is 1.99. The van der Waals surface area contributed by atoms with E-state index in [1.165, 1.54) is 11.1 Å². The van der Waals surface area contributed by atoms with Crippen LogP contribution in [0.5, 0.6) is 0 Å². The highest BCUT2D eigenvalue weighted by Crippen LogP contribution is 2.22. The first-order valence-electron chi connectivity index (χ1n) is 6.52. The van der Waals surface area contributed by atoms with E-state index in [1.54, 1.807) is 13.8 Å². The van der Waals surface area contributed by atoms with Crippen LogP contribution in [-0.4, -0.2) is 15.7 Å². The SMILES string of the molecule is Cc1ccc(-c2ccc(NC(C)(C)C#N)nn2)c(C)c1. The highest BCUT2D eigenvalue weighted by Gasteiger charge is 2.16. The summed E-state index contributed by atoms with van der Waals surface area (Å²) < 4.78 is 0. The van der Waals surface area contributed by atoms with Gasteiger partial charge in [-0.25, -0.2) is 0 Å². The van der Waals surface area contributed by atoms with E-state index in [1.807, 2.05) is 12.1 Å². The number of nitriles is 1. The Bertz CT molecular complexity index is 651. The summed E-state index contributed by atoms with van der Waals surface area (Å²) in [5, 5.41) is 20.4. The first-order valence-corrected chi connectivity index (χ1v) is 6.52. The normalized spacial score (nSPS) is 10.9. The van der Waals surface area contributed by atoms with Gasteiger partial charge in [0.05, 0.1) is 11.8 Å². The van der Waals surface area contributed by atoms with Crippen LogP contribution in [0.3, 0.4) is 0 Å². The molecule has 102 valence electrons. The van der Waals surface area contributed by atoms with Gasteiger partial charge < -0.3 is 5.32 Å². The molecule has 1 aromatic heterocycles. The standard InChI is InChI=1S/C16H18N4/c1-11-5-6-13(12(2)9-11)14-7-8-15(20-19-14)18-16(3,4)10-17/h5-9H,1-4H3,(H,18,20). The fourth-order valence-electron chi connectivity index (χ4n) is 1.99. The van der Waals surface area contributed by atoms with Gasteiger partial charge in [-0.05, 0) is 45.4 Å². The first kappa shape index (κ1) is 14.0. The molecule has 0 aliphatic heterocycles. The Labute approximate surface area is 119 Å². The van der Waals surface area contributed by atoms with Gasteiger partial charge in [-0.15, -0.1) is 10.2 Å². The summed E-state index contributed by atoms with van der Waals surface area (Å²) in [5.74, 6) is 0.602. The molecular formula is C16H18N4. The highest BCUT2D eigenvalue weighted by atomic mass is 15.2. The van der Waals surface area contributed by atoms with E-state index in [4.69, 9.17) is 5.26 Å². The maximum Gasteiger partial charge on any atom is 0.149 e. The van der Waals surface area contributed by atoms with Crippen LogP contribution in [-0.2, 0) is 0 Å². The molecule has 0 bridgehead atoms. The molecule has 20 heavy (non-hydrogen) atoms.